The van der Waals surface area contributed by atoms with Gasteiger partial charge in [-0.25, -0.2) is 9.78 Å². The van der Waals surface area contributed by atoms with Gasteiger partial charge in [0.1, 0.15) is 6.10 Å². The summed E-state index contributed by atoms with van der Waals surface area (Å²) in [5, 5.41) is 0. The van der Waals surface area contributed by atoms with Crippen molar-refractivity contribution in [3.63, 3.8) is 0 Å². The zero-order chi connectivity index (χ0) is 28.5. The van der Waals surface area contributed by atoms with E-state index in [0.717, 1.165) is 30.4 Å². The first-order valence-electron chi connectivity index (χ1n) is 15.0. The number of hydrogen-bond acceptors (Lipinski definition) is 4. The summed E-state index contributed by atoms with van der Waals surface area (Å²) in [6, 6.07) is 41.6. The molecule has 0 saturated heterocycles. The van der Waals surface area contributed by atoms with Crippen molar-refractivity contribution < 1.29 is 19.2 Å². The molecule has 0 fully saturated rings. The van der Waals surface area contributed by atoms with Crippen molar-refractivity contribution in [1.29, 1.82) is 0 Å². The minimum Gasteiger partial charge on any atom is -0.352 e. The lowest BCUT2D eigenvalue weighted by Gasteiger charge is -2.27. The van der Waals surface area contributed by atoms with Gasteiger partial charge in [0.15, 0.2) is 6.29 Å². The molecular formula is C37H44O4. The highest BCUT2D eigenvalue weighted by Crippen LogP contribution is 2.29. The van der Waals surface area contributed by atoms with Crippen LogP contribution in [-0.2, 0) is 25.7 Å². The lowest BCUT2D eigenvalue weighted by molar-refractivity contribution is -0.330. The Balaban J connectivity index is 1.38. The fourth-order valence-electron chi connectivity index (χ4n) is 4.92. The van der Waals surface area contributed by atoms with Crippen molar-refractivity contribution >= 4 is 0 Å². The van der Waals surface area contributed by atoms with Crippen molar-refractivity contribution in [2.75, 3.05) is 13.2 Å². The van der Waals surface area contributed by atoms with Crippen molar-refractivity contribution in [1.82, 2.24) is 0 Å². The van der Waals surface area contributed by atoms with Crippen molar-refractivity contribution in [3.05, 3.63) is 144 Å². The van der Waals surface area contributed by atoms with E-state index in [1.165, 1.54) is 11.1 Å². The monoisotopic (exact) mass is 552 g/mol. The first-order chi connectivity index (χ1) is 20.2. The Kier molecular flexibility index (Phi) is 13.1. The van der Waals surface area contributed by atoms with E-state index in [0.29, 0.717) is 26.1 Å². The van der Waals surface area contributed by atoms with Gasteiger partial charge in [-0.3, -0.25) is 0 Å². The highest BCUT2D eigenvalue weighted by molar-refractivity contribution is 5.20. The molecule has 0 aliphatic heterocycles. The molecule has 4 rings (SSSR count). The molecule has 0 aliphatic carbocycles. The zero-order valence-electron chi connectivity index (χ0n) is 24.4. The molecule has 0 spiro atoms. The number of rotatable bonds is 18. The zero-order valence-corrected chi connectivity index (χ0v) is 24.4. The third-order valence-corrected chi connectivity index (χ3v) is 7.31. The standard InChI is InChI=1S/C37H44O4/c1-3-35(33-22-12-6-13-23-33)40-37(38-29-30(2)32-20-10-5-11-21-32)27-26-36(34-24-14-7-15-25-34)41-39-28-16-19-31-17-8-4-9-18-31/h4-15,17-18,20-25,30,35-37H,3,16,19,26-29H2,1-2H3. The Morgan fingerprint density at radius 1 is 0.610 bits per heavy atom. The third-order valence-electron chi connectivity index (χ3n) is 7.31. The molecule has 0 heterocycles. The van der Waals surface area contributed by atoms with Crippen molar-refractivity contribution in [2.45, 2.75) is 70.4 Å². The van der Waals surface area contributed by atoms with E-state index in [2.05, 4.69) is 98.8 Å². The van der Waals surface area contributed by atoms with E-state index in [1.54, 1.807) is 0 Å². The van der Waals surface area contributed by atoms with Crippen LogP contribution in [0.4, 0.5) is 0 Å². The van der Waals surface area contributed by atoms with E-state index in [4.69, 9.17) is 19.2 Å². The highest BCUT2D eigenvalue weighted by atomic mass is 17.2. The second-order valence-corrected chi connectivity index (χ2v) is 10.5. The maximum Gasteiger partial charge on any atom is 0.158 e. The minimum absolute atomic E-state index is 0.0430. The molecule has 4 unspecified atom stereocenters. The van der Waals surface area contributed by atoms with E-state index >= 15 is 0 Å². The Hall–Kier alpha value is -3.28. The maximum atomic E-state index is 6.63. The Morgan fingerprint density at radius 3 is 1.73 bits per heavy atom. The summed E-state index contributed by atoms with van der Waals surface area (Å²) >= 11 is 0. The van der Waals surface area contributed by atoms with Crippen molar-refractivity contribution in [3.8, 4) is 0 Å². The molecule has 0 bridgehead atoms. The van der Waals surface area contributed by atoms with Gasteiger partial charge in [0.25, 0.3) is 0 Å². The molecule has 4 atom stereocenters. The maximum absolute atomic E-state index is 6.63. The summed E-state index contributed by atoms with van der Waals surface area (Å²) in [7, 11) is 0. The second kappa shape index (κ2) is 17.5. The molecule has 0 aliphatic rings. The summed E-state index contributed by atoms with van der Waals surface area (Å²) < 4.78 is 13.1. The normalized spacial score (nSPS) is 14.3. The summed E-state index contributed by atoms with van der Waals surface area (Å²) in [4.78, 5) is 11.8. The van der Waals surface area contributed by atoms with Crippen LogP contribution in [0.3, 0.4) is 0 Å². The molecule has 0 aromatic heterocycles. The molecule has 41 heavy (non-hydrogen) atoms. The van der Waals surface area contributed by atoms with Gasteiger partial charge in [0.2, 0.25) is 0 Å². The average Bonchev–Trinajstić information content (AvgIpc) is 3.04. The molecule has 0 radical (unpaired) electrons. The summed E-state index contributed by atoms with van der Waals surface area (Å²) in [6.45, 7) is 5.46. The third kappa shape index (κ3) is 10.6. The predicted octanol–water partition coefficient (Wildman–Crippen LogP) is 9.40. The number of benzene rings is 4. The SMILES string of the molecule is CCC(OC(CCC(OOCCCc1ccccc1)c1ccccc1)OCC(C)c1ccccc1)c1ccccc1. The fraction of sp³-hybridized carbons (Fsp3) is 0.351. The lowest BCUT2D eigenvalue weighted by atomic mass is 10.0. The van der Waals surface area contributed by atoms with Gasteiger partial charge >= 0.3 is 0 Å². The molecule has 216 valence electrons. The van der Waals surface area contributed by atoms with Crippen LogP contribution in [0.15, 0.2) is 121 Å². The number of ether oxygens (including phenoxy) is 2. The predicted molar refractivity (Wildman–Crippen MR) is 165 cm³/mol. The van der Waals surface area contributed by atoms with Crippen LogP contribution in [0.1, 0.15) is 79.9 Å². The summed E-state index contributed by atoms with van der Waals surface area (Å²) in [6.07, 6.45) is 3.47. The Morgan fingerprint density at radius 2 is 1.15 bits per heavy atom. The molecule has 4 aromatic carbocycles. The molecule has 0 amide bonds. The fourth-order valence-corrected chi connectivity index (χ4v) is 4.92. The van der Waals surface area contributed by atoms with Crippen LogP contribution in [0.25, 0.3) is 0 Å². The van der Waals surface area contributed by atoms with E-state index in [-0.39, 0.29) is 24.4 Å². The van der Waals surface area contributed by atoms with Crippen molar-refractivity contribution in [2.24, 2.45) is 0 Å². The Labute approximate surface area is 246 Å². The van der Waals surface area contributed by atoms with E-state index < -0.39 is 0 Å². The lowest BCUT2D eigenvalue weighted by Crippen LogP contribution is -2.24. The van der Waals surface area contributed by atoms with E-state index in [1.807, 2.05) is 36.4 Å². The summed E-state index contributed by atoms with van der Waals surface area (Å²) in [5.74, 6) is 0.258. The van der Waals surface area contributed by atoms with Crippen LogP contribution in [-0.4, -0.2) is 19.5 Å². The van der Waals surface area contributed by atoms with Crippen LogP contribution in [0.2, 0.25) is 0 Å². The largest absolute Gasteiger partial charge is 0.352 e. The number of hydrogen-bond donors (Lipinski definition) is 0. The molecule has 0 saturated carbocycles. The smallest absolute Gasteiger partial charge is 0.158 e. The summed E-state index contributed by atoms with van der Waals surface area (Å²) in [5.41, 5.74) is 4.82. The van der Waals surface area contributed by atoms with Crippen LogP contribution >= 0.6 is 0 Å². The van der Waals surface area contributed by atoms with Gasteiger partial charge in [-0.2, -0.15) is 0 Å². The van der Waals surface area contributed by atoms with Crippen LogP contribution < -0.4 is 0 Å². The minimum atomic E-state index is -0.376. The highest BCUT2D eigenvalue weighted by Gasteiger charge is 2.22. The molecule has 4 aromatic rings. The number of aryl methyl sites for hydroxylation is 1. The quantitative estimate of drug-likeness (QED) is 0.0533. The van der Waals surface area contributed by atoms with Gasteiger partial charge < -0.3 is 9.47 Å². The van der Waals surface area contributed by atoms with Crippen LogP contribution in [0.5, 0.6) is 0 Å². The molecule has 0 N–H and O–H groups in total. The molecule has 4 heteroatoms. The van der Waals surface area contributed by atoms with Crippen LogP contribution in [0, 0.1) is 0 Å². The van der Waals surface area contributed by atoms with Gasteiger partial charge in [-0.05, 0) is 47.9 Å². The van der Waals surface area contributed by atoms with Gasteiger partial charge in [-0.15, -0.1) is 0 Å². The average molecular weight is 553 g/mol. The Bertz CT molecular complexity index is 1200. The van der Waals surface area contributed by atoms with Gasteiger partial charge in [-0.1, -0.05) is 135 Å². The first-order valence-corrected chi connectivity index (χ1v) is 15.0. The second-order valence-electron chi connectivity index (χ2n) is 10.5. The van der Waals surface area contributed by atoms with Gasteiger partial charge in [0.05, 0.1) is 19.3 Å². The topological polar surface area (TPSA) is 36.9 Å². The molecular weight excluding hydrogens is 508 g/mol. The molecule has 4 nitrogen and oxygen atoms in total. The van der Waals surface area contributed by atoms with E-state index in [9.17, 15) is 0 Å². The van der Waals surface area contributed by atoms with Gasteiger partial charge in [0, 0.05) is 12.3 Å². The first kappa shape index (κ1) is 30.7.